The highest BCUT2D eigenvalue weighted by Gasteiger charge is 2.36. The maximum Gasteiger partial charge on any atom is 0.249 e. The lowest BCUT2D eigenvalue weighted by Gasteiger charge is -2.36. The van der Waals surface area contributed by atoms with E-state index in [-0.39, 0.29) is 5.04 Å². The Hall–Kier alpha value is -1.04. The lowest BCUT2D eigenvalue weighted by molar-refractivity contribution is 0.0999. The van der Waals surface area contributed by atoms with Crippen LogP contribution in [0.4, 0.5) is 0 Å². The summed E-state index contributed by atoms with van der Waals surface area (Å²) in [5, 5.41) is 0.628. The monoisotopic (exact) mass is 343 g/mol. The van der Waals surface area contributed by atoms with Gasteiger partial charge >= 0.3 is 0 Å². The topological polar surface area (TPSA) is 61.6 Å². The van der Waals surface area contributed by atoms with E-state index in [2.05, 4.69) is 33.9 Å². The Balaban J connectivity index is 2.67. The molecule has 0 aliphatic rings. The molecule has 0 aromatic heterocycles. The average Bonchev–Trinajstić information content (AvgIpc) is 2.34. The minimum absolute atomic E-state index is 0.160. The van der Waals surface area contributed by atoms with E-state index in [4.69, 9.17) is 26.5 Å². The number of hydrogen-bond donors (Lipinski definition) is 1. The first-order chi connectivity index (χ1) is 9.95. The quantitative estimate of drug-likeness (QED) is 0.623. The van der Waals surface area contributed by atoms with E-state index in [9.17, 15) is 4.79 Å². The number of halogens is 1. The fraction of sp³-hybridized carbons (Fsp3) is 0.562. The number of hydrogen-bond acceptors (Lipinski definition) is 3. The van der Waals surface area contributed by atoms with Gasteiger partial charge in [0.1, 0.15) is 12.4 Å². The first-order valence-electron chi connectivity index (χ1n) is 7.32. The molecule has 1 aromatic carbocycles. The Labute approximate surface area is 139 Å². The minimum atomic E-state index is -1.78. The van der Waals surface area contributed by atoms with Crippen LogP contribution in [0, 0.1) is 6.92 Å². The van der Waals surface area contributed by atoms with Crippen LogP contribution in [-0.2, 0) is 4.43 Å². The summed E-state index contributed by atoms with van der Waals surface area (Å²) in [6.45, 7) is 13.6. The van der Waals surface area contributed by atoms with E-state index < -0.39 is 14.2 Å². The Morgan fingerprint density at radius 2 is 1.86 bits per heavy atom. The van der Waals surface area contributed by atoms with Gasteiger partial charge in [-0.25, -0.2) is 0 Å². The van der Waals surface area contributed by atoms with Crippen LogP contribution in [0.2, 0.25) is 23.2 Å². The summed E-state index contributed by atoms with van der Waals surface area (Å²) >= 11 is 6.14. The van der Waals surface area contributed by atoms with Crippen molar-refractivity contribution in [2.45, 2.75) is 45.8 Å². The van der Waals surface area contributed by atoms with E-state index in [0.717, 1.165) is 5.56 Å². The van der Waals surface area contributed by atoms with Crippen LogP contribution in [0.3, 0.4) is 0 Å². The molecule has 0 atom stereocenters. The molecular formula is C16H26ClNO3Si. The number of benzene rings is 1. The van der Waals surface area contributed by atoms with Crippen molar-refractivity contribution >= 4 is 25.8 Å². The first-order valence-corrected chi connectivity index (χ1v) is 10.6. The number of ether oxygens (including phenoxy) is 1. The lowest BCUT2D eigenvalue weighted by Crippen LogP contribution is -2.41. The van der Waals surface area contributed by atoms with Crippen molar-refractivity contribution in [1.29, 1.82) is 0 Å². The van der Waals surface area contributed by atoms with Crippen LogP contribution in [-0.4, -0.2) is 27.4 Å². The summed E-state index contributed by atoms with van der Waals surface area (Å²) in [5.41, 5.74) is 6.50. The molecule has 0 radical (unpaired) electrons. The van der Waals surface area contributed by atoms with Gasteiger partial charge in [0.05, 0.1) is 11.6 Å². The van der Waals surface area contributed by atoms with E-state index >= 15 is 0 Å². The molecule has 4 nitrogen and oxygen atoms in total. The van der Waals surface area contributed by atoms with E-state index in [1.807, 2.05) is 0 Å². The maximum absolute atomic E-state index is 11.4. The molecule has 0 fully saturated rings. The molecule has 124 valence electrons. The van der Waals surface area contributed by atoms with Crippen molar-refractivity contribution in [3.8, 4) is 5.75 Å². The number of primary amides is 1. The van der Waals surface area contributed by atoms with Gasteiger partial charge in [-0.05, 0) is 42.8 Å². The molecule has 0 heterocycles. The number of amides is 1. The van der Waals surface area contributed by atoms with Gasteiger partial charge in [0.15, 0.2) is 8.32 Å². The van der Waals surface area contributed by atoms with Crippen LogP contribution >= 0.6 is 11.6 Å². The predicted molar refractivity (Wildman–Crippen MR) is 93.4 cm³/mol. The largest absolute Gasteiger partial charge is 0.490 e. The van der Waals surface area contributed by atoms with Gasteiger partial charge in [0.25, 0.3) is 0 Å². The molecule has 0 bridgehead atoms. The van der Waals surface area contributed by atoms with Crippen LogP contribution in [0.1, 0.15) is 36.7 Å². The zero-order valence-electron chi connectivity index (χ0n) is 14.2. The van der Waals surface area contributed by atoms with Crippen molar-refractivity contribution in [2.24, 2.45) is 5.73 Å². The Kier molecular flexibility index (Phi) is 6.07. The van der Waals surface area contributed by atoms with E-state index in [1.165, 1.54) is 0 Å². The molecule has 2 N–H and O–H groups in total. The highest BCUT2D eigenvalue weighted by molar-refractivity contribution is 6.74. The maximum atomic E-state index is 11.4. The highest BCUT2D eigenvalue weighted by Crippen LogP contribution is 2.36. The fourth-order valence-electron chi connectivity index (χ4n) is 1.69. The standard InChI is InChI=1S/C16H26ClNO3Si/c1-11-9-13(17)14(10-12(11)15(18)19)20-7-8-21-22(5,6)16(2,3)4/h9-10H,7-8H2,1-6H3,(H2,18,19). The molecule has 1 rings (SSSR count). The molecule has 0 saturated heterocycles. The van der Waals surface area contributed by atoms with Crippen LogP contribution in [0.5, 0.6) is 5.75 Å². The molecule has 0 saturated carbocycles. The van der Waals surface area contributed by atoms with Crippen LogP contribution in [0.15, 0.2) is 12.1 Å². The summed E-state index contributed by atoms with van der Waals surface area (Å²) in [5.74, 6) is -0.0311. The van der Waals surface area contributed by atoms with Crippen molar-refractivity contribution in [2.75, 3.05) is 13.2 Å². The number of rotatable bonds is 6. The van der Waals surface area contributed by atoms with E-state index in [0.29, 0.717) is 29.5 Å². The van der Waals surface area contributed by atoms with Gasteiger partial charge in [0.2, 0.25) is 5.91 Å². The average molecular weight is 344 g/mol. The van der Waals surface area contributed by atoms with Gasteiger partial charge < -0.3 is 14.9 Å². The normalized spacial score (nSPS) is 12.3. The molecule has 6 heteroatoms. The Morgan fingerprint density at radius 1 is 1.27 bits per heavy atom. The SMILES string of the molecule is Cc1cc(Cl)c(OCCO[Si](C)(C)C(C)(C)C)cc1C(N)=O. The molecule has 0 aliphatic heterocycles. The van der Waals surface area contributed by atoms with Gasteiger partial charge in [-0.2, -0.15) is 0 Å². The van der Waals surface area contributed by atoms with Gasteiger partial charge in [-0.15, -0.1) is 0 Å². The summed E-state index contributed by atoms with van der Waals surface area (Å²) in [6.07, 6.45) is 0. The second kappa shape index (κ2) is 7.02. The summed E-state index contributed by atoms with van der Waals surface area (Å²) in [6, 6.07) is 3.28. The smallest absolute Gasteiger partial charge is 0.249 e. The highest BCUT2D eigenvalue weighted by atomic mass is 35.5. The van der Waals surface area contributed by atoms with Crippen LogP contribution in [0.25, 0.3) is 0 Å². The van der Waals surface area contributed by atoms with Crippen molar-refractivity contribution in [3.63, 3.8) is 0 Å². The van der Waals surface area contributed by atoms with Crippen LogP contribution < -0.4 is 10.5 Å². The summed E-state index contributed by atoms with van der Waals surface area (Å²) < 4.78 is 11.7. The number of nitrogens with two attached hydrogens (primary N) is 1. The molecule has 0 spiro atoms. The van der Waals surface area contributed by atoms with Crippen molar-refractivity contribution < 1.29 is 14.0 Å². The summed E-state index contributed by atoms with van der Waals surface area (Å²) in [7, 11) is -1.78. The summed E-state index contributed by atoms with van der Waals surface area (Å²) in [4.78, 5) is 11.4. The molecule has 0 unspecified atom stereocenters. The molecule has 1 aromatic rings. The lowest BCUT2D eigenvalue weighted by atomic mass is 10.1. The first kappa shape index (κ1) is 19.0. The van der Waals surface area contributed by atoms with Gasteiger partial charge in [-0.1, -0.05) is 32.4 Å². The number of carbonyl (C=O) groups is 1. The minimum Gasteiger partial charge on any atom is -0.490 e. The number of carbonyl (C=O) groups excluding carboxylic acids is 1. The Morgan fingerprint density at radius 3 is 2.36 bits per heavy atom. The zero-order valence-corrected chi connectivity index (χ0v) is 16.0. The molecule has 22 heavy (non-hydrogen) atoms. The molecular weight excluding hydrogens is 318 g/mol. The third-order valence-corrected chi connectivity index (χ3v) is 8.99. The van der Waals surface area contributed by atoms with Gasteiger partial charge in [-0.3, -0.25) is 4.79 Å². The molecule has 1 amide bonds. The second-order valence-corrected chi connectivity index (χ2v) is 12.1. The van der Waals surface area contributed by atoms with Crippen molar-refractivity contribution in [1.82, 2.24) is 0 Å². The number of aryl methyl sites for hydroxylation is 1. The third-order valence-electron chi connectivity index (χ3n) is 4.15. The molecule has 0 aliphatic carbocycles. The van der Waals surface area contributed by atoms with E-state index in [1.54, 1.807) is 19.1 Å². The van der Waals surface area contributed by atoms with Crippen molar-refractivity contribution in [3.05, 3.63) is 28.3 Å². The Bertz CT molecular complexity index is 553. The third kappa shape index (κ3) is 4.73. The predicted octanol–water partition coefficient (Wildman–Crippen LogP) is 4.15. The zero-order chi connectivity index (χ0) is 17.1. The van der Waals surface area contributed by atoms with Gasteiger partial charge in [0, 0.05) is 5.56 Å². The second-order valence-electron chi connectivity index (χ2n) is 6.92. The fourth-order valence-corrected chi connectivity index (χ4v) is 2.99.